The van der Waals surface area contributed by atoms with Crippen molar-refractivity contribution in [2.45, 2.75) is 6.42 Å². The molecule has 5 nitrogen and oxygen atoms in total. The second kappa shape index (κ2) is 8.92. The Balaban J connectivity index is 1.79. The summed E-state index contributed by atoms with van der Waals surface area (Å²) < 4.78 is 37.8. The smallest absolute Gasteiger partial charge is 0.161 e. The van der Waals surface area contributed by atoms with Crippen LogP contribution in [0, 0.1) is 11.6 Å². The summed E-state index contributed by atoms with van der Waals surface area (Å²) in [5.41, 5.74) is 2.78. The summed E-state index contributed by atoms with van der Waals surface area (Å²) in [6.45, 7) is 0.880. The summed E-state index contributed by atoms with van der Waals surface area (Å²) in [6, 6.07) is 13.1. The van der Waals surface area contributed by atoms with Crippen LogP contribution in [0.5, 0.6) is 5.75 Å². The van der Waals surface area contributed by atoms with Crippen molar-refractivity contribution in [3.63, 3.8) is 0 Å². The fraction of sp³-hybridized carbons (Fsp3) is 0.174. The molecule has 152 valence electrons. The highest BCUT2D eigenvalue weighted by Crippen LogP contribution is 2.27. The van der Waals surface area contributed by atoms with Crippen molar-refractivity contribution in [1.82, 2.24) is 15.0 Å². The number of rotatable bonds is 7. The normalized spacial score (nSPS) is 11.0. The standard InChI is InChI=1S/C23H19F2N3O2/c1-29-9-10-30-17-5-7-21-18(13-17)22(12-15-4-6-19(24)20(25)11-15)28-23(27-21)16-3-2-8-26-14-16/h2-8,11,13-14H,9-10,12H2,1H3. The molecule has 7 heteroatoms. The number of pyridine rings is 1. The lowest BCUT2D eigenvalue weighted by atomic mass is 10.0. The maximum Gasteiger partial charge on any atom is 0.161 e. The van der Waals surface area contributed by atoms with E-state index in [-0.39, 0.29) is 0 Å². The average molecular weight is 407 g/mol. The fourth-order valence-electron chi connectivity index (χ4n) is 3.11. The number of benzene rings is 2. The Labute approximate surface area is 172 Å². The SMILES string of the molecule is COCCOc1ccc2nc(-c3cccnc3)nc(Cc3ccc(F)c(F)c3)c2c1. The summed E-state index contributed by atoms with van der Waals surface area (Å²) in [5, 5.41) is 0.780. The van der Waals surface area contributed by atoms with Crippen LogP contribution in [0.1, 0.15) is 11.3 Å². The minimum absolute atomic E-state index is 0.311. The van der Waals surface area contributed by atoms with Gasteiger partial charge in [-0.3, -0.25) is 4.98 Å². The number of ether oxygens (including phenoxy) is 2. The third-order valence-electron chi connectivity index (χ3n) is 4.58. The summed E-state index contributed by atoms with van der Waals surface area (Å²) in [5.74, 6) is -0.594. The van der Waals surface area contributed by atoms with Crippen molar-refractivity contribution >= 4 is 10.9 Å². The molecule has 0 unspecified atom stereocenters. The van der Waals surface area contributed by atoms with Gasteiger partial charge in [0.2, 0.25) is 0 Å². The van der Waals surface area contributed by atoms with Crippen molar-refractivity contribution in [2.75, 3.05) is 20.3 Å². The van der Waals surface area contributed by atoms with Crippen molar-refractivity contribution < 1.29 is 18.3 Å². The largest absolute Gasteiger partial charge is 0.491 e. The Morgan fingerprint density at radius 2 is 1.83 bits per heavy atom. The molecule has 0 amide bonds. The third kappa shape index (κ3) is 4.41. The predicted octanol–water partition coefficient (Wildman–Crippen LogP) is 4.59. The molecule has 4 aromatic rings. The average Bonchev–Trinajstić information content (AvgIpc) is 2.77. The molecule has 0 fully saturated rings. The van der Waals surface area contributed by atoms with E-state index in [1.165, 1.54) is 6.07 Å². The molecule has 0 bridgehead atoms. The Kier molecular flexibility index (Phi) is 5.90. The van der Waals surface area contributed by atoms with Crippen LogP contribution < -0.4 is 4.74 Å². The Bertz CT molecular complexity index is 1170. The lowest BCUT2D eigenvalue weighted by Crippen LogP contribution is -2.05. The quantitative estimate of drug-likeness (QED) is 0.420. The van der Waals surface area contributed by atoms with Gasteiger partial charge in [0.1, 0.15) is 12.4 Å². The second-order valence-electron chi connectivity index (χ2n) is 6.68. The zero-order chi connectivity index (χ0) is 20.9. The van der Waals surface area contributed by atoms with Gasteiger partial charge in [-0.1, -0.05) is 6.07 Å². The lowest BCUT2D eigenvalue weighted by Gasteiger charge is -2.12. The first-order chi connectivity index (χ1) is 14.6. The van der Waals surface area contributed by atoms with Gasteiger partial charge in [-0.05, 0) is 48.0 Å². The third-order valence-corrected chi connectivity index (χ3v) is 4.58. The van der Waals surface area contributed by atoms with Crippen molar-refractivity contribution in [2.24, 2.45) is 0 Å². The van der Waals surface area contributed by atoms with Crippen LogP contribution in [-0.2, 0) is 11.2 Å². The summed E-state index contributed by atoms with van der Waals surface area (Å²) in [6.07, 6.45) is 3.67. The molecule has 0 saturated carbocycles. The number of fused-ring (bicyclic) bond motifs is 1. The van der Waals surface area contributed by atoms with Gasteiger partial charge in [0, 0.05) is 36.9 Å². The van der Waals surface area contributed by atoms with E-state index < -0.39 is 11.6 Å². The maximum absolute atomic E-state index is 13.7. The van der Waals surface area contributed by atoms with E-state index in [0.717, 1.165) is 22.5 Å². The van der Waals surface area contributed by atoms with E-state index in [1.54, 1.807) is 25.6 Å². The van der Waals surface area contributed by atoms with Crippen LogP contribution in [0.3, 0.4) is 0 Å². The summed E-state index contributed by atoms with van der Waals surface area (Å²) >= 11 is 0. The number of hydrogen-bond donors (Lipinski definition) is 0. The molecule has 0 aliphatic rings. The van der Waals surface area contributed by atoms with Crippen LogP contribution in [0.15, 0.2) is 60.9 Å². The topological polar surface area (TPSA) is 57.1 Å². The van der Waals surface area contributed by atoms with Gasteiger partial charge in [-0.25, -0.2) is 18.7 Å². The molecular weight excluding hydrogens is 388 g/mol. The van der Waals surface area contributed by atoms with Gasteiger partial charge in [0.15, 0.2) is 17.5 Å². The van der Waals surface area contributed by atoms with Crippen LogP contribution in [0.2, 0.25) is 0 Å². The highest BCUT2D eigenvalue weighted by atomic mass is 19.2. The predicted molar refractivity (Wildman–Crippen MR) is 109 cm³/mol. The zero-order valence-corrected chi connectivity index (χ0v) is 16.3. The minimum Gasteiger partial charge on any atom is -0.491 e. The van der Waals surface area contributed by atoms with E-state index in [9.17, 15) is 8.78 Å². The Hall–Kier alpha value is -3.45. The molecule has 0 aliphatic carbocycles. The first-order valence-corrected chi connectivity index (χ1v) is 9.41. The number of halogens is 2. The monoisotopic (exact) mass is 407 g/mol. The molecule has 30 heavy (non-hydrogen) atoms. The van der Waals surface area contributed by atoms with Gasteiger partial charge < -0.3 is 9.47 Å². The highest BCUT2D eigenvalue weighted by molar-refractivity contribution is 5.84. The van der Waals surface area contributed by atoms with Gasteiger partial charge >= 0.3 is 0 Å². The van der Waals surface area contributed by atoms with Gasteiger partial charge in [0.25, 0.3) is 0 Å². The van der Waals surface area contributed by atoms with E-state index in [2.05, 4.69) is 9.97 Å². The fourth-order valence-corrected chi connectivity index (χ4v) is 3.11. The molecule has 0 aliphatic heterocycles. The van der Waals surface area contributed by atoms with Crippen LogP contribution in [-0.4, -0.2) is 35.3 Å². The molecule has 0 atom stereocenters. The number of aromatic nitrogens is 3. The number of nitrogens with zero attached hydrogens (tertiary/aromatic N) is 3. The van der Waals surface area contributed by atoms with Gasteiger partial charge in [0.05, 0.1) is 17.8 Å². The molecule has 2 heterocycles. The first kappa shape index (κ1) is 19.8. The van der Waals surface area contributed by atoms with E-state index in [4.69, 9.17) is 14.5 Å². The van der Waals surface area contributed by atoms with Gasteiger partial charge in [-0.15, -0.1) is 0 Å². The van der Waals surface area contributed by atoms with Crippen LogP contribution in [0.25, 0.3) is 22.3 Å². The molecule has 0 N–H and O–H groups in total. The van der Waals surface area contributed by atoms with E-state index >= 15 is 0 Å². The molecule has 0 spiro atoms. The van der Waals surface area contributed by atoms with Crippen molar-refractivity contribution in [1.29, 1.82) is 0 Å². The van der Waals surface area contributed by atoms with Crippen molar-refractivity contribution in [3.8, 4) is 17.1 Å². The maximum atomic E-state index is 13.7. The van der Waals surface area contributed by atoms with Crippen molar-refractivity contribution in [3.05, 3.63) is 83.8 Å². The minimum atomic E-state index is -0.887. The Morgan fingerprint density at radius 1 is 0.933 bits per heavy atom. The molecule has 2 aromatic heterocycles. The molecule has 0 radical (unpaired) electrons. The van der Waals surface area contributed by atoms with Crippen LogP contribution in [0.4, 0.5) is 8.78 Å². The first-order valence-electron chi connectivity index (χ1n) is 9.41. The van der Waals surface area contributed by atoms with E-state index in [0.29, 0.717) is 42.5 Å². The summed E-state index contributed by atoms with van der Waals surface area (Å²) in [4.78, 5) is 13.5. The lowest BCUT2D eigenvalue weighted by molar-refractivity contribution is 0.146. The van der Waals surface area contributed by atoms with Gasteiger partial charge in [-0.2, -0.15) is 0 Å². The highest BCUT2D eigenvalue weighted by Gasteiger charge is 2.13. The summed E-state index contributed by atoms with van der Waals surface area (Å²) in [7, 11) is 1.61. The molecular formula is C23H19F2N3O2. The van der Waals surface area contributed by atoms with E-state index in [1.807, 2.05) is 30.3 Å². The molecule has 0 saturated heterocycles. The Morgan fingerprint density at radius 3 is 2.60 bits per heavy atom. The number of methoxy groups -OCH3 is 1. The molecule has 4 rings (SSSR count). The second-order valence-corrected chi connectivity index (χ2v) is 6.68. The molecule has 2 aromatic carbocycles. The zero-order valence-electron chi connectivity index (χ0n) is 16.3. The number of hydrogen-bond acceptors (Lipinski definition) is 5. The van der Waals surface area contributed by atoms with Crippen LogP contribution >= 0.6 is 0 Å².